The molecule has 2 aromatic heterocycles. The second kappa shape index (κ2) is 11.2. The highest BCUT2D eigenvalue weighted by Crippen LogP contribution is 2.50. The fourth-order valence-electron chi connectivity index (χ4n) is 7.49. The van der Waals surface area contributed by atoms with Crippen LogP contribution in [0.15, 0.2) is 180 Å². The van der Waals surface area contributed by atoms with Crippen molar-refractivity contribution in [2.45, 2.75) is 0 Å². The molecule has 0 spiro atoms. The highest BCUT2D eigenvalue weighted by Gasteiger charge is 2.24. The van der Waals surface area contributed by atoms with Crippen LogP contribution in [0.3, 0.4) is 0 Å². The van der Waals surface area contributed by atoms with Crippen LogP contribution in [0.1, 0.15) is 0 Å². The summed E-state index contributed by atoms with van der Waals surface area (Å²) in [6, 6.07) is 63.4. The Labute approximate surface area is 287 Å². The molecule has 0 N–H and O–H groups in total. The quantitative estimate of drug-likeness (QED) is 0.186. The molecule has 0 saturated heterocycles. The summed E-state index contributed by atoms with van der Waals surface area (Å²) in [7, 11) is 0. The van der Waals surface area contributed by atoms with Crippen molar-refractivity contribution in [2.75, 3.05) is 4.90 Å². The maximum atomic E-state index is 6.23. The number of nitrogens with zero attached hydrogens (tertiary/aromatic N) is 1. The molecule has 3 heteroatoms. The van der Waals surface area contributed by atoms with Crippen LogP contribution in [0.25, 0.3) is 75.1 Å². The minimum Gasteiger partial charge on any atom is -0.456 e. The summed E-state index contributed by atoms with van der Waals surface area (Å²) in [4.78, 5) is 2.49. The average Bonchev–Trinajstić information content (AvgIpc) is 3.74. The van der Waals surface area contributed by atoms with E-state index in [4.69, 9.17) is 4.42 Å². The summed E-state index contributed by atoms with van der Waals surface area (Å²) < 4.78 is 8.79. The Morgan fingerprint density at radius 1 is 0.388 bits per heavy atom. The van der Waals surface area contributed by atoms with Crippen molar-refractivity contribution in [2.24, 2.45) is 0 Å². The Balaban J connectivity index is 1.29. The van der Waals surface area contributed by atoms with E-state index >= 15 is 0 Å². The van der Waals surface area contributed by atoms with Crippen LogP contribution in [0.5, 0.6) is 0 Å². The van der Waals surface area contributed by atoms with E-state index in [9.17, 15) is 0 Å². The Kier molecular flexibility index (Phi) is 6.39. The molecule has 0 atom stereocenters. The fraction of sp³-hybridized carbons (Fsp3) is 0. The normalized spacial score (nSPS) is 11.7. The highest BCUT2D eigenvalue weighted by molar-refractivity contribution is 7.26. The zero-order valence-corrected chi connectivity index (χ0v) is 27.3. The molecule has 0 aliphatic rings. The smallest absolute Gasteiger partial charge is 0.135 e. The minimum absolute atomic E-state index is 0.898. The number of thiophene rings is 1. The Morgan fingerprint density at radius 3 is 1.88 bits per heavy atom. The van der Waals surface area contributed by atoms with Crippen molar-refractivity contribution in [1.29, 1.82) is 0 Å². The third-order valence-corrected chi connectivity index (χ3v) is 10.8. The molecule has 0 saturated carbocycles. The van der Waals surface area contributed by atoms with Crippen molar-refractivity contribution in [3.63, 3.8) is 0 Å². The van der Waals surface area contributed by atoms with E-state index < -0.39 is 0 Å². The molecule has 0 aliphatic heterocycles. The summed E-state index contributed by atoms with van der Waals surface area (Å²) in [6.07, 6.45) is 0. The highest BCUT2D eigenvalue weighted by atomic mass is 32.1. The Morgan fingerprint density at radius 2 is 0.980 bits per heavy atom. The van der Waals surface area contributed by atoms with Crippen molar-refractivity contribution in [1.82, 2.24) is 0 Å². The van der Waals surface area contributed by atoms with Crippen molar-refractivity contribution < 1.29 is 4.42 Å². The molecular weight excluding hydrogens is 615 g/mol. The van der Waals surface area contributed by atoms with E-state index in [-0.39, 0.29) is 0 Å². The molecule has 0 amide bonds. The topological polar surface area (TPSA) is 16.4 Å². The van der Waals surface area contributed by atoms with Crippen LogP contribution in [-0.4, -0.2) is 0 Å². The van der Waals surface area contributed by atoms with Gasteiger partial charge in [-0.25, -0.2) is 0 Å². The molecule has 0 radical (unpaired) electrons. The van der Waals surface area contributed by atoms with E-state index in [0.717, 1.165) is 50.1 Å². The standard InChI is InChI=1S/C46H29NOS/c1-2-15-32-30(13-1)14-11-20-34(32)35-17-4-8-22-40(35)47(41-23-12-26-45-46(41)37-19-6-10-25-44(37)49-45)39-21-7-3-16-33(39)31-27-28-43-38(29-31)36-18-5-9-24-42(36)48-43/h1-29H. The molecular formula is C46H29NOS. The van der Waals surface area contributed by atoms with Crippen molar-refractivity contribution in [3.05, 3.63) is 176 Å². The van der Waals surface area contributed by atoms with Crippen molar-refractivity contribution in [3.8, 4) is 22.3 Å². The summed E-state index contributed by atoms with van der Waals surface area (Å²) in [6.45, 7) is 0. The van der Waals surface area contributed by atoms with E-state index in [1.807, 2.05) is 23.5 Å². The fourth-order valence-corrected chi connectivity index (χ4v) is 8.62. The van der Waals surface area contributed by atoms with Gasteiger partial charge in [0, 0.05) is 42.1 Å². The zero-order valence-electron chi connectivity index (χ0n) is 26.5. The number of anilines is 3. The lowest BCUT2D eigenvalue weighted by Crippen LogP contribution is -2.13. The minimum atomic E-state index is 0.898. The first-order chi connectivity index (χ1) is 24.3. The monoisotopic (exact) mass is 643 g/mol. The van der Waals surface area contributed by atoms with Gasteiger partial charge in [0.25, 0.3) is 0 Å². The molecule has 0 fully saturated rings. The van der Waals surface area contributed by atoms with Gasteiger partial charge in [-0.3, -0.25) is 0 Å². The lowest BCUT2D eigenvalue weighted by atomic mass is 9.94. The number of para-hydroxylation sites is 3. The molecule has 0 aliphatic carbocycles. The van der Waals surface area contributed by atoms with Gasteiger partial charge in [-0.15, -0.1) is 11.3 Å². The third kappa shape index (κ3) is 4.47. The summed E-state index contributed by atoms with van der Waals surface area (Å²) in [5, 5.41) is 7.26. The third-order valence-electron chi connectivity index (χ3n) is 9.68. The van der Waals surface area contributed by atoms with Gasteiger partial charge < -0.3 is 9.32 Å². The maximum absolute atomic E-state index is 6.23. The Bertz CT molecular complexity index is 2850. The first-order valence-corrected chi connectivity index (χ1v) is 17.4. The maximum Gasteiger partial charge on any atom is 0.135 e. The Hall–Kier alpha value is -6.16. The van der Waals surface area contributed by atoms with Gasteiger partial charge in [-0.1, -0.05) is 127 Å². The van der Waals surface area contributed by atoms with Crippen molar-refractivity contribution >= 4 is 81.3 Å². The lowest BCUT2D eigenvalue weighted by molar-refractivity contribution is 0.669. The second-order valence-corrected chi connectivity index (χ2v) is 13.5. The second-order valence-electron chi connectivity index (χ2n) is 12.5. The van der Waals surface area contributed by atoms with Crippen LogP contribution >= 0.6 is 11.3 Å². The van der Waals surface area contributed by atoms with Gasteiger partial charge >= 0.3 is 0 Å². The summed E-state index contributed by atoms with van der Waals surface area (Å²) >= 11 is 1.85. The summed E-state index contributed by atoms with van der Waals surface area (Å²) in [5.74, 6) is 0. The largest absolute Gasteiger partial charge is 0.456 e. The molecule has 49 heavy (non-hydrogen) atoms. The van der Waals surface area contributed by atoms with Gasteiger partial charge in [-0.05, 0) is 70.4 Å². The molecule has 10 aromatic rings. The molecule has 0 unspecified atom stereocenters. The van der Waals surface area contributed by atoms with E-state index in [1.165, 1.54) is 42.1 Å². The molecule has 2 heterocycles. The lowest BCUT2D eigenvalue weighted by Gasteiger charge is -2.31. The van der Waals surface area contributed by atoms with Gasteiger partial charge in [0.1, 0.15) is 11.2 Å². The van der Waals surface area contributed by atoms with E-state index in [2.05, 4.69) is 169 Å². The number of benzene rings is 8. The van der Waals surface area contributed by atoms with Gasteiger partial charge in [0.15, 0.2) is 0 Å². The molecule has 2 nitrogen and oxygen atoms in total. The van der Waals surface area contributed by atoms with E-state index in [1.54, 1.807) is 0 Å². The number of hydrogen-bond donors (Lipinski definition) is 0. The summed E-state index contributed by atoms with van der Waals surface area (Å²) in [5.41, 5.74) is 9.90. The molecule has 10 rings (SSSR count). The van der Waals surface area contributed by atoms with Crippen LogP contribution in [0, 0.1) is 0 Å². The first kappa shape index (κ1) is 27.9. The van der Waals surface area contributed by atoms with E-state index in [0.29, 0.717) is 0 Å². The molecule has 8 aromatic carbocycles. The SMILES string of the molecule is c1ccc(N(c2ccccc2-c2cccc3ccccc23)c2cccc3sc4ccccc4c23)c(-c2ccc3oc4ccccc4c3c2)c1. The van der Waals surface area contributed by atoms with Gasteiger partial charge in [-0.2, -0.15) is 0 Å². The van der Waals surface area contributed by atoms with Crippen LogP contribution < -0.4 is 4.90 Å². The van der Waals surface area contributed by atoms with Crippen LogP contribution in [0.4, 0.5) is 17.1 Å². The number of hydrogen-bond acceptors (Lipinski definition) is 3. The zero-order chi connectivity index (χ0) is 32.3. The van der Waals surface area contributed by atoms with Crippen LogP contribution in [0.2, 0.25) is 0 Å². The number of furan rings is 1. The molecule has 0 bridgehead atoms. The number of rotatable bonds is 5. The first-order valence-electron chi connectivity index (χ1n) is 16.6. The van der Waals surface area contributed by atoms with Crippen LogP contribution in [-0.2, 0) is 0 Å². The average molecular weight is 644 g/mol. The van der Waals surface area contributed by atoms with Gasteiger partial charge in [0.05, 0.1) is 17.1 Å². The van der Waals surface area contributed by atoms with Gasteiger partial charge in [0.2, 0.25) is 0 Å². The molecule has 230 valence electrons. The number of fused-ring (bicyclic) bond motifs is 7. The predicted octanol–water partition coefficient (Wildman–Crippen LogP) is 13.9. The predicted molar refractivity (Wildman–Crippen MR) is 210 cm³/mol.